The first-order valence-corrected chi connectivity index (χ1v) is 9.23. The predicted molar refractivity (Wildman–Crippen MR) is 107 cm³/mol. The average molecular weight is 426 g/mol. The topological polar surface area (TPSA) is 108 Å². The van der Waals surface area contributed by atoms with E-state index in [9.17, 15) is 9.59 Å². The van der Waals surface area contributed by atoms with Gasteiger partial charge in [0.2, 0.25) is 5.95 Å². The van der Waals surface area contributed by atoms with Gasteiger partial charge >= 0.3 is 5.97 Å². The highest BCUT2D eigenvalue weighted by atomic mass is 35.5. The number of fused-ring (bicyclic) bond motifs is 1. The summed E-state index contributed by atoms with van der Waals surface area (Å²) in [4.78, 5) is 26.2. The van der Waals surface area contributed by atoms with Gasteiger partial charge in [-0.25, -0.2) is 4.79 Å². The number of hydrogen-bond donors (Lipinski definition) is 1. The SMILES string of the molecule is COC(=O)C1=C(C(=O)c2ccc(OC)cc2)[C@H](c2ccccc2Cl)n2nnnc2N1. The van der Waals surface area contributed by atoms with Gasteiger partial charge in [0.1, 0.15) is 17.5 Å². The number of hydrogen-bond acceptors (Lipinski definition) is 8. The van der Waals surface area contributed by atoms with E-state index in [0.29, 0.717) is 21.9 Å². The number of nitrogens with zero attached hydrogens (tertiary/aromatic N) is 4. The number of aromatic nitrogens is 4. The van der Waals surface area contributed by atoms with Gasteiger partial charge in [-0.3, -0.25) is 4.79 Å². The molecule has 3 aromatic rings. The first-order chi connectivity index (χ1) is 14.5. The van der Waals surface area contributed by atoms with Gasteiger partial charge in [0.15, 0.2) is 5.78 Å². The molecule has 152 valence electrons. The molecule has 1 N–H and O–H groups in total. The third kappa shape index (κ3) is 3.29. The molecule has 1 aliphatic rings. The van der Waals surface area contributed by atoms with E-state index in [1.54, 1.807) is 48.5 Å². The van der Waals surface area contributed by atoms with Crippen molar-refractivity contribution >= 4 is 29.3 Å². The summed E-state index contributed by atoms with van der Waals surface area (Å²) >= 11 is 6.44. The average Bonchev–Trinajstić information content (AvgIpc) is 3.26. The van der Waals surface area contributed by atoms with E-state index in [-0.39, 0.29) is 17.2 Å². The van der Waals surface area contributed by atoms with Crippen molar-refractivity contribution in [1.29, 1.82) is 0 Å². The zero-order valence-corrected chi connectivity index (χ0v) is 16.8. The molecule has 0 saturated carbocycles. The molecule has 0 spiro atoms. The molecule has 2 aromatic carbocycles. The number of halogens is 1. The van der Waals surface area contributed by atoms with E-state index in [0.717, 1.165) is 0 Å². The van der Waals surface area contributed by atoms with Crippen LogP contribution in [0.25, 0.3) is 0 Å². The molecule has 0 unspecified atom stereocenters. The van der Waals surface area contributed by atoms with Gasteiger partial charge in [0.25, 0.3) is 0 Å². The van der Waals surface area contributed by atoms with Crippen molar-refractivity contribution in [3.63, 3.8) is 0 Å². The second-order valence-electron chi connectivity index (χ2n) is 6.33. The van der Waals surface area contributed by atoms with Crippen LogP contribution in [-0.2, 0) is 9.53 Å². The van der Waals surface area contributed by atoms with E-state index in [1.807, 2.05) is 0 Å². The molecule has 2 heterocycles. The lowest BCUT2D eigenvalue weighted by atomic mass is 9.89. The Bertz CT molecular complexity index is 1160. The van der Waals surface area contributed by atoms with Crippen molar-refractivity contribution in [2.24, 2.45) is 0 Å². The van der Waals surface area contributed by atoms with E-state index >= 15 is 0 Å². The number of rotatable bonds is 5. The number of anilines is 1. The highest BCUT2D eigenvalue weighted by molar-refractivity contribution is 6.31. The highest BCUT2D eigenvalue weighted by Crippen LogP contribution is 2.39. The molecule has 0 aliphatic carbocycles. The minimum absolute atomic E-state index is 0.0504. The van der Waals surface area contributed by atoms with Crippen LogP contribution < -0.4 is 10.1 Å². The minimum atomic E-state index is -0.839. The Morgan fingerprint density at radius 1 is 1.10 bits per heavy atom. The first kappa shape index (κ1) is 19.6. The smallest absolute Gasteiger partial charge is 0.355 e. The van der Waals surface area contributed by atoms with Gasteiger partial charge in [-0.05, 0) is 40.8 Å². The van der Waals surface area contributed by atoms with Gasteiger partial charge in [0, 0.05) is 16.1 Å². The molecule has 4 rings (SSSR count). The zero-order chi connectivity index (χ0) is 21.3. The van der Waals surface area contributed by atoms with Gasteiger partial charge in [-0.15, -0.1) is 0 Å². The molecule has 1 aromatic heterocycles. The van der Waals surface area contributed by atoms with Crippen LogP contribution in [-0.4, -0.2) is 46.2 Å². The van der Waals surface area contributed by atoms with Gasteiger partial charge < -0.3 is 14.8 Å². The number of Topliss-reactive ketones (excluding diaryl/α,β-unsaturated/α-hetero) is 1. The second-order valence-corrected chi connectivity index (χ2v) is 6.74. The van der Waals surface area contributed by atoms with Crippen molar-refractivity contribution in [1.82, 2.24) is 20.2 Å². The molecule has 9 nitrogen and oxygen atoms in total. The molecule has 1 atom stereocenters. The molecule has 10 heteroatoms. The van der Waals surface area contributed by atoms with Crippen molar-refractivity contribution < 1.29 is 19.1 Å². The van der Waals surface area contributed by atoms with Crippen LogP contribution in [0.4, 0.5) is 5.95 Å². The maximum atomic E-state index is 13.6. The first-order valence-electron chi connectivity index (χ1n) is 8.85. The van der Waals surface area contributed by atoms with Crippen molar-refractivity contribution in [3.8, 4) is 5.75 Å². The normalized spacial score (nSPS) is 15.2. The number of esters is 1. The van der Waals surface area contributed by atoms with Gasteiger partial charge in [0.05, 0.1) is 19.8 Å². The number of methoxy groups -OCH3 is 2. The summed E-state index contributed by atoms with van der Waals surface area (Å²) in [6.45, 7) is 0. The Labute approximate surface area is 176 Å². The summed E-state index contributed by atoms with van der Waals surface area (Å²) in [6, 6.07) is 12.7. The number of ketones is 1. The second kappa shape index (κ2) is 7.96. The number of tetrazole rings is 1. The maximum Gasteiger partial charge on any atom is 0.355 e. The largest absolute Gasteiger partial charge is 0.497 e. The fourth-order valence-electron chi connectivity index (χ4n) is 3.27. The Morgan fingerprint density at radius 3 is 2.50 bits per heavy atom. The lowest BCUT2D eigenvalue weighted by molar-refractivity contribution is -0.136. The molecule has 0 saturated heterocycles. The summed E-state index contributed by atoms with van der Waals surface area (Å²) in [5, 5.41) is 14.8. The monoisotopic (exact) mass is 425 g/mol. The molecular formula is C20H16ClN5O4. The van der Waals surface area contributed by atoms with E-state index < -0.39 is 17.8 Å². The fraction of sp³-hybridized carbons (Fsp3) is 0.150. The molecule has 0 radical (unpaired) electrons. The van der Waals surface area contributed by atoms with Gasteiger partial charge in [-0.2, -0.15) is 4.68 Å². The fourth-order valence-corrected chi connectivity index (χ4v) is 3.51. The van der Waals surface area contributed by atoms with E-state index in [4.69, 9.17) is 21.1 Å². The standard InChI is InChI=1S/C20H16ClN5O4/c1-29-12-9-7-11(8-10-12)18(27)15-16(19(28)30-2)22-20-23-24-25-26(20)17(15)13-5-3-4-6-14(13)21/h3-10,17H,1-2H3,(H,22,23,25)/t17-/m0/s1. The number of carbonyl (C=O) groups is 2. The molecule has 0 amide bonds. The Balaban J connectivity index is 1.94. The Hall–Kier alpha value is -3.72. The lowest BCUT2D eigenvalue weighted by Gasteiger charge is -2.28. The van der Waals surface area contributed by atoms with Crippen LogP contribution >= 0.6 is 11.6 Å². The third-order valence-electron chi connectivity index (χ3n) is 4.70. The summed E-state index contributed by atoms with van der Waals surface area (Å²) in [7, 11) is 2.76. The van der Waals surface area contributed by atoms with Crippen molar-refractivity contribution in [2.75, 3.05) is 19.5 Å². The summed E-state index contributed by atoms with van der Waals surface area (Å²) in [5.41, 5.74) is 0.973. The number of ether oxygens (including phenoxy) is 2. The Kier molecular flexibility index (Phi) is 5.20. The summed E-state index contributed by atoms with van der Waals surface area (Å²) in [6.07, 6.45) is 0. The van der Waals surface area contributed by atoms with Crippen molar-refractivity contribution in [3.05, 3.63) is 76.0 Å². The molecular weight excluding hydrogens is 410 g/mol. The van der Waals surface area contributed by atoms with Crippen LogP contribution in [0.5, 0.6) is 5.75 Å². The minimum Gasteiger partial charge on any atom is -0.497 e. The molecule has 30 heavy (non-hydrogen) atoms. The number of nitrogens with one attached hydrogen (secondary N) is 1. The highest BCUT2D eigenvalue weighted by Gasteiger charge is 2.39. The van der Waals surface area contributed by atoms with Gasteiger partial charge in [-0.1, -0.05) is 34.9 Å². The predicted octanol–water partition coefficient (Wildman–Crippen LogP) is 2.66. The van der Waals surface area contributed by atoms with Crippen LogP contribution in [0.1, 0.15) is 22.0 Å². The lowest BCUT2D eigenvalue weighted by Crippen LogP contribution is -2.33. The zero-order valence-electron chi connectivity index (χ0n) is 16.0. The number of allylic oxidation sites excluding steroid dienone is 1. The summed E-state index contributed by atoms with van der Waals surface area (Å²) in [5.74, 6) is -0.345. The maximum absolute atomic E-state index is 13.6. The van der Waals surface area contributed by atoms with Crippen LogP contribution in [0, 0.1) is 0 Å². The van der Waals surface area contributed by atoms with Crippen molar-refractivity contribution in [2.45, 2.75) is 6.04 Å². The molecule has 0 fully saturated rings. The number of carbonyl (C=O) groups excluding carboxylic acids is 2. The van der Waals surface area contributed by atoms with Crippen LogP contribution in [0.3, 0.4) is 0 Å². The van der Waals surface area contributed by atoms with E-state index in [1.165, 1.54) is 18.9 Å². The molecule has 0 bridgehead atoms. The quantitative estimate of drug-likeness (QED) is 0.491. The Morgan fingerprint density at radius 2 is 1.83 bits per heavy atom. The summed E-state index contributed by atoms with van der Waals surface area (Å²) < 4.78 is 11.5. The molecule has 1 aliphatic heterocycles. The van der Waals surface area contributed by atoms with Crippen LogP contribution in [0.15, 0.2) is 59.8 Å². The number of benzene rings is 2. The van der Waals surface area contributed by atoms with E-state index in [2.05, 4.69) is 20.8 Å². The van der Waals surface area contributed by atoms with Crippen LogP contribution in [0.2, 0.25) is 5.02 Å². The third-order valence-corrected chi connectivity index (χ3v) is 5.05.